The number of aryl methyl sites for hydroxylation is 3. The number of rotatable bonds is 6. The van der Waals surface area contributed by atoms with Gasteiger partial charge in [-0.2, -0.15) is 0 Å². The van der Waals surface area contributed by atoms with Gasteiger partial charge in [0.25, 0.3) is 0 Å². The molecule has 0 aliphatic carbocycles. The molecule has 0 radical (unpaired) electrons. The van der Waals surface area contributed by atoms with Gasteiger partial charge in [0.1, 0.15) is 4.88 Å². The minimum absolute atomic E-state index is 0.250. The van der Waals surface area contributed by atoms with Crippen LogP contribution in [-0.2, 0) is 15.9 Å². The van der Waals surface area contributed by atoms with Crippen LogP contribution >= 0.6 is 11.3 Å². The third-order valence-electron chi connectivity index (χ3n) is 4.27. The summed E-state index contributed by atoms with van der Waals surface area (Å²) in [6.45, 7) is 8.84. The predicted molar refractivity (Wildman–Crippen MR) is 99.2 cm³/mol. The molecule has 1 atom stereocenters. The summed E-state index contributed by atoms with van der Waals surface area (Å²) in [5.74, 6) is -1.42. The quantitative estimate of drug-likeness (QED) is 0.612. The fraction of sp³-hybridized carbons (Fsp3) is 0.421. The molecule has 6 nitrogen and oxygen atoms in total. The number of thiophene rings is 1. The summed E-state index contributed by atoms with van der Waals surface area (Å²) >= 11 is 1.38. The Labute approximate surface area is 156 Å². The van der Waals surface area contributed by atoms with Crippen LogP contribution in [0.5, 0.6) is 0 Å². The molecule has 2 rings (SSSR count). The van der Waals surface area contributed by atoms with Crippen molar-refractivity contribution in [1.29, 1.82) is 0 Å². The van der Waals surface area contributed by atoms with Crippen molar-refractivity contribution in [3.05, 3.63) is 43.9 Å². The first-order valence-electron chi connectivity index (χ1n) is 8.33. The van der Waals surface area contributed by atoms with Gasteiger partial charge in [-0.3, -0.25) is 4.79 Å². The van der Waals surface area contributed by atoms with Gasteiger partial charge in [-0.05, 0) is 51.3 Å². The molecule has 0 aliphatic heterocycles. The van der Waals surface area contributed by atoms with E-state index in [2.05, 4.69) is 4.98 Å². The van der Waals surface area contributed by atoms with Gasteiger partial charge >= 0.3 is 11.9 Å². The fourth-order valence-electron chi connectivity index (χ4n) is 2.85. The molecule has 0 unspecified atom stereocenters. The number of esters is 2. The number of hydrogen-bond acceptors (Lipinski definition) is 6. The second kappa shape index (κ2) is 7.86. The Balaban J connectivity index is 2.19. The Morgan fingerprint density at radius 1 is 1.19 bits per heavy atom. The molecular weight excluding hydrogens is 354 g/mol. The second-order valence-electron chi connectivity index (χ2n) is 6.10. The average molecular weight is 377 g/mol. The van der Waals surface area contributed by atoms with E-state index in [1.165, 1.54) is 25.4 Å². The lowest BCUT2D eigenvalue weighted by Gasteiger charge is -2.11. The molecule has 2 heterocycles. The number of carbonyl (C=O) groups is 3. The van der Waals surface area contributed by atoms with Crippen LogP contribution in [0.15, 0.2) is 6.07 Å². The molecule has 0 aromatic carbocycles. The highest BCUT2D eigenvalue weighted by Gasteiger charge is 2.28. The number of carbonyl (C=O) groups excluding carboxylic acids is 3. The zero-order valence-electron chi connectivity index (χ0n) is 15.8. The normalized spacial score (nSPS) is 11.9. The van der Waals surface area contributed by atoms with E-state index in [0.29, 0.717) is 21.7 Å². The highest BCUT2D eigenvalue weighted by atomic mass is 32.1. The van der Waals surface area contributed by atoms with Crippen LogP contribution in [0.25, 0.3) is 0 Å². The highest BCUT2D eigenvalue weighted by Crippen LogP contribution is 2.25. The molecule has 140 valence electrons. The lowest BCUT2D eigenvalue weighted by molar-refractivity contribution is 0.0321. The molecule has 0 bridgehead atoms. The van der Waals surface area contributed by atoms with E-state index in [9.17, 15) is 14.4 Å². The summed E-state index contributed by atoms with van der Waals surface area (Å²) in [6.07, 6.45) is -0.132. The van der Waals surface area contributed by atoms with Crippen molar-refractivity contribution in [3.63, 3.8) is 0 Å². The third kappa shape index (κ3) is 3.72. The molecule has 0 amide bonds. The second-order valence-corrected chi connectivity index (χ2v) is 7.24. The summed E-state index contributed by atoms with van der Waals surface area (Å²) in [5.41, 5.74) is 2.65. The molecule has 2 aromatic rings. The van der Waals surface area contributed by atoms with Crippen LogP contribution in [0.4, 0.5) is 0 Å². The Morgan fingerprint density at radius 3 is 2.38 bits per heavy atom. The van der Waals surface area contributed by atoms with Crippen LogP contribution in [-0.4, -0.2) is 35.9 Å². The average Bonchev–Trinajstić information content (AvgIpc) is 3.12. The Bertz CT molecular complexity index is 862. The van der Waals surface area contributed by atoms with Crippen molar-refractivity contribution in [1.82, 2.24) is 4.98 Å². The van der Waals surface area contributed by atoms with Gasteiger partial charge in [0.05, 0.1) is 18.4 Å². The SMILES string of the molecule is CCc1sc(C(=O)O[C@H](C)C(=O)c2[nH]c(C)c(C(=O)OC)c2C)cc1C. The number of ketones is 1. The maximum absolute atomic E-state index is 12.7. The number of nitrogens with one attached hydrogen (secondary N) is 1. The maximum Gasteiger partial charge on any atom is 0.349 e. The molecule has 26 heavy (non-hydrogen) atoms. The van der Waals surface area contributed by atoms with Crippen molar-refractivity contribution in [2.45, 2.75) is 47.1 Å². The molecular formula is C19H23NO5S. The van der Waals surface area contributed by atoms with Crippen LogP contribution in [0, 0.1) is 20.8 Å². The van der Waals surface area contributed by atoms with Crippen molar-refractivity contribution in [2.75, 3.05) is 7.11 Å². The molecule has 7 heteroatoms. The summed E-state index contributed by atoms with van der Waals surface area (Å²) in [5, 5.41) is 0. The topological polar surface area (TPSA) is 85.5 Å². The Kier molecular flexibility index (Phi) is 6.02. The molecule has 0 aliphatic rings. The third-order valence-corrected chi connectivity index (χ3v) is 5.63. The minimum Gasteiger partial charge on any atom is -0.465 e. The van der Waals surface area contributed by atoms with Crippen molar-refractivity contribution >= 4 is 29.1 Å². The van der Waals surface area contributed by atoms with Gasteiger partial charge in [-0.15, -0.1) is 11.3 Å². The molecule has 0 spiro atoms. The van der Waals surface area contributed by atoms with E-state index in [1.54, 1.807) is 19.9 Å². The number of Topliss-reactive ketones (excluding diaryl/α,β-unsaturated/α-hetero) is 1. The predicted octanol–water partition coefficient (Wildman–Crippen LogP) is 3.78. The first-order valence-corrected chi connectivity index (χ1v) is 9.14. The van der Waals surface area contributed by atoms with E-state index in [-0.39, 0.29) is 5.69 Å². The standard InChI is InChI=1S/C19H23NO5S/c1-7-13-9(2)8-14(26-13)18(22)25-12(5)17(21)16-10(3)15(11(4)20-16)19(23)24-6/h8,12,20H,7H2,1-6H3/t12-/m1/s1. The van der Waals surface area contributed by atoms with Gasteiger partial charge in [-0.25, -0.2) is 9.59 Å². The van der Waals surface area contributed by atoms with Gasteiger partial charge in [0.15, 0.2) is 6.10 Å². The Hall–Kier alpha value is -2.41. The first-order chi connectivity index (χ1) is 12.2. The molecule has 0 saturated heterocycles. The van der Waals surface area contributed by atoms with Crippen molar-refractivity contribution in [2.24, 2.45) is 0 Å². The highest BCUT2D eigenvalue weighted by molar-refractivity contribution is 7.14. The number of aromatic amines is 1. The maximum atomic E-state index is 12.7. The van der Waals surface area contributed by atoms with Crippen molar-refractivity contribution < 1.29 is 23.9 Å². The zero-order valence-corrected chi connectivity index (χ0v) is 16.6. The number of aromatic nitrogens is 1. The van der Waals surface area contributed by atoms with Crippen LogP contribution < -0.4 is 0 Å². The summed E-state index contributed by atoms with van der Waals surface area (Å²) in [6, 6.07) is 1.78. The van der Waals surface area contributed by atoms with Gasteiger partial charge in [0, 0.05) is 10.6 Å². The van der Waals surface area contributed by atoms with E-state index >= 15 is 0 Å². The van der Waals surface area contributed by atoms with E-state index < -0.39 is 23.8 Å². The first kappa shape index (κ1) is 19.9. The number of ether oxygens (including phenoxy) is 2. The van der Waals surface area contributed by atoms with Gasteiger partial charge < -0.3 is 14.5 Å². The van der Waals surface area contributed by atoms with Crippen LogP contribution in [0.2, 0.25) is 0 Å². The summed E-state index contributed by atoms with van der Waals surface area (Å²) in [4.78, 5) is 41.4. The van der Waals surface area contributed by atoms with Gasteiger partial charge in [0.2, 0.25) is 5.78 Å². The Morgan fingerprint density at radius 2 is 1.85 bits per heavy atom. The number of H-pyrrole nitrogens is 1. The number of methoxy groups -OCH3 is 1. The summed E-state index contributed by atoms with van der Waals surface area (Å²) < 4.78 is 10.1. The fourth-order valence-corrected chi connectivity index (χ4v) is 3.85. The molecule has 0 fully saturated rings. The number of hydrogen-bond donors (Lipinski definition) is 1. The zero-order chi connectivity index (χ0) is 19.6. The van der Waals surface area contributed by atoms with E-state index in [4.69, 9.17) is 9.47 Å². The van der Waals surface area contributed by atoms with Gasteiger partial charge in [-0.1, -0.05) is 6.92 Å². The lowest BCUT2D eigenvalue weighted by atomic mass is 10.1. The molecule has 2 aromatic heterocycles. The van der Waals surface area contributed by atoms with Crippen LogP contribution in [0.1, 0.15) is 66.1 Å². The van der Waals surface area contributed by atoms with Crippen LogP contribution in [0.3, 0.4) is 0 Å². The van der Waals surface area contributed by atoms with E-state index in [1.807, 2.05) is 13.8 Å². The molecule has 1 N–H and O–H groups in total. The summed E-state index contributed by atoms with van der Waals surface area (Å²) in [7, 11) is 1.29. The van der Waals surface area contributed by atoms with E-state index in [0.717, 1.165) is 16.9 Å². The lowest BCUT2D eigenvalue weighted by Crippen LogP contribution is -2.25. The molecule has 0 saturated carbocycles. The minimum atomic E-state index is -0.975. The smallest absolute Gasteiger partial charge is 0.349 e. The monoisotopic (exact) mass is 377 g/mol. The largest absolute Gasteiger partial charge is 0.465 e. The van der Waals surface area contributed by atoms with Crippen molar-refractivity contribution in [3.8, 4) is 0 Å².